The van der Waals surface area contributed by atoms with E-state index in [9.17, 15) is 0 Å². The van der Waals surface area contributed by atoms with Crippen LogP contribution in [0.1, 0.15) is 43.7 Å². The van der Waals surface area contributed by atoms with Crippen molar-refractivity contribution in [1.82, 2.24) is 15.5 Å². The van der Waals surface area contributed by atoms with Crippen LogP contribution in [-0.2, 0) is 22.6 Å². The highest BCUT2D eigenvalue weighted by Crippen LogP contribution is 2.18. The molecule has 0 radical (unpaired) electrons. The van der Waals surface area contributed by atoms with Crippen LogP contribution in [0.3, 0.4) is 0 Å². The van der Waals surface area contributed by atoms with Crippen molar-refractivity contribution in [2.24, 2.45) is 16.8 Å². The van der Waals surface area contributed by atoms with E-state index in [1.807, 2.05) is 7.05 Å². The van der Waals surface area contributed by atoms with Gasteiger partial charge in [0.25, 0.3) is 0 Å². The quantitative estimate of drug-likeness (QED) is 0.204. The first kappa shape index (κ1) is 26.4. The van der Waals surface area contributed by atoms with Gasteiger partial charge < -0.3 is 20.1 Å². The second-order valence-electron chi connectivity index (χ2n) is 8.81. The fourth-order valence-corrected chi connectivity index (χ4v) is 4.20. The summed E-state index contributed by atoms with van der Waals surface area (Å²) in [4.78, 5) is 6.90. The van der Waals surface area contributed by atoms with Crippen molar-refractivity contribution in [3.8, 4) is 0 Å². The maximum Gasteiger partial charge on any atom is 0.191 e. The highest BCUT2D eigenvalue weighted by atomic mass is 127. The molecule has 0 amide bonds. The zero-order valence-electron chi connectivity index (χ0n) is 19.3. The Balaban J connectivity index is 0.00000341. The molecule has 0 spiro atoms. The van der Waals surface area contributed by atoms with E-state index in [1.54, 1.807) is 0 Å². The van der Waals surface area contributed by atoms with E-state index in [0.29, 0.717) is 5.92 Å². The minimum absolute atomic E-state index is 0. The van der Waals surface area contributed by atoms with E-state index in [0.717, 1.165) is 70.8 Å². The fourth-order valence-electron chi connectivity index (χ4n) is 4.20. The summed E-state index contributed by atoms with van der Waals surface area (Å²) >= 11 is 0. The van der Waals surface area contributed by atoms with Crippen molar-refractivity contribution in [1.29, 1.82) is 0 Å². The number of benzene rings is 1. The van der Waals surface area contributed by atoms with Crippen molar-refractivity contribution in [3.05, 3.63) is 35.4 Å². The minimum atomic E-state index is 0. The SMILES string of the molecule is CN=C(NCCCOCC1CCOC1)NCc1ccc(CN2CCCC(C)C2)cc1.I. The van der Waals surface area contributed by atoms with Gasteiger partial charge in [-0.05, 0) is 49.3 Å². The molecular formula is C24H41IN4O2. The lowest BCUT2D eigenvalue weighted by Crippen LogP contribution is -2.37. The third kappa shape index (κ3) is 10.1. The Labute approximate surface area is 205 Å². The van der Waals surface area contributed by atoms with E-state index in [1.165, 1.54) is 37.1 Å². The van der Waals surface area contributed by atoms with E-state index < -0.39 is 0 Å². The molecule has 1 aromatic carbocycles. The van der Waals surface area contributed by atoms with Gasteiger partial charge in [-0.1, -0.05) is 31.2 Å². The molecule has 0 bridgehead atoms. The number of hydrogen-bond donors (Lipinski definition) is 2. The Hall–Kier alpha value is -0.900. The molecule has 2 unspecified atom stereocenters. The first-order valence-corrected chi connectivity index (χ1v) is 11.6. The topological polar surface area (TPSA) is 58.1 Å². The second-order valence-corrected chi connectivity index (χ2v) is 8.81. The van der Waals surface area contributed by atoms with Crippen molar-refractivity contribution in [2.75, 3.05) is 53.1 Å². The lowest BCUT2D eigenvalue weighted by atomic mass is 9.99. The van der Waals surface area contributed by atoms with Crippen molar-refractivity contribution in [3.63, 3.8) is 0 Å². The predicted molar refractivity (Wildman–Crippen MR) is 138 cm³/mol. The van der Waals surface area contributed by atoms with Crippen LogP contribution in [0, 0.1) is 11.8 Å². The van der Waals surface area contributed by atoms with E-state index in [-0.39, 0.29) is 24.0 Å². The first-order valence-electron chi connectivity index (χ1n) is 11.6. The maximum atomic E-state index is 5.75. The van der Waals surface area contributed by atoms with E-state index >= 15 is 0 Å². The largest absolute Gasteiger partial charge is 0.381 e. The zero-order chi connectivity index (χ0) is 21.0. The molecule has 1 aromatic rings. The van der Waals surface area contributed by atoms with Gasteiger partial charge in [-0.2, -0.15) is 0 Å². The molecule has 0 aromatic heterocycles. The predicted octanol–water partition coefficient (Wildman–Crippen LogP) is 3.64. The molecule has 2 fully saturated rings. The fraction of sp³-hybridized carbons (Fsp3) is 0.708. The second kappa shape index (κ2) is 15.0. The standard InChI is InChI=1S/C24H40N4O2.HI/c1-20-5-3-12-28(16-20)17-22-8-6-21(7-9-22)15-27-24(25-2)26-11-4-13-29-18-23-10-14-30-19-23;/h6-9,20,23H,3-5,10-19H2,1-2H3,(H2,25,26,27);1H. The number of halogens is 1. The van der Waals surface area contributed by atoms with Gasteiger partial charge in [0, 0.05) is 52.4 Å². The van der Waals surface area contributed by atoms with Crippen LogP contribution >= 0.6 is 24.0 Å². The molecule has 7 heteroatoms. The molecule has 2 aliphatic rings. The average molecular weight is 545 g/mol. The third-order valence-electron chi connectivity index (χ3n) is 5.99. The molecule has 0 aliphatic carbocycles. The summed E-state index contributed by atoms with van der Waals surface area (Å²) in [6.45, 7) is 10.9. The highest BCUT2D eigenvalue weighted by molar-refractivity contribution is 14.0. The van der Waals surface area contributed by atoms with Gasteiger partial charge in [0.15, 0.2) is 5.96 Å². The zero-order valence-corrected chi connectivity index (χ0v) is 21.6. The summed E-state index contributed by atoms with van der Waals surface area (Å²) in [6, 6.07) is 8.98. The number of nitrogens with zero attached hydrogens (tertiary/aromatic N) is 2. The van der Waals surface area contributed by atoms with Crippen molar-refractivity contribution < 1.29 is 9.47 Å². The molecular weight excluding hydrogens is 503 g/mol. The Morgan fingerprint density at radius 3 is 2.71 bits per heavy atom. The molecule has 2 saturated heterocycles. The van der Waals surface area contributed by atoms with Gasteiger partial charge in [-0.3, -0.25) is 9.89 Å². The van der Waals surface area contributed by atoms with E-state index in [2.05, 4.69) is 51.7 Å². The Morgan fingerprint density at radius 1 is 1.19 bits per heavy atom. The van der Waals surface area contributed by atoms with Crippen molar-refractivity contribution >= 4 is 29.9 Å². The van der Waals surface area contributed by atoms with Crippen LogP contribution in [0.25, 0.3) is 0 Å². The van der Waals surface area contributed by atoms with Gasteiger partial charge in [0.1, 0.15) is 0 Å². The molecule has 176 valence electrons. The minimum Gasteiger partial charge on any atom is -0.381 e. The smallest absolute Gasteiger partial charge is 0.191 e. The van der Waals surface area contributed by atoms with Crippen LogP contribution < -0.4 is 10.6 Å². The summed E-state index contributed by atoms with van der Waals surface area (Å²) in [5.74, 6) is 2.25. The number of hydrogen-bond acceptors (Lipinski definition) is 4. The van der Waals surface area contributed by atoms with Crippen LogP contribution in [0.15, 0.2) is 29.3 Å². The number of nitrogens with one attached hydrogen (secondary N) is 2. The van der Waals surface area contributed by atoms with Gasteiger partial charge in [-0.25, -0.2) is 0 Å². The first-order chi connectivity index (χ1) is 14.7. The van der Waals surface area contributed by atoms with Crippen LogP contribution in [0.5, 0.6) is 0 Å². The van der Waals surface area contributed by atoms with Gasteiger partial charge in [0.05, 0.1) is 13.2 Å². The average Bonchev–Trinajstić information content (AvgIpc) is 3.27. The van der Waals surface area contributed by atoms with Crippen LogP contribution in [0.2, 0.25) is 0 Å². The lowest BCUT2D eigenvalue weighted by Gasteiger charge is -2.30. The summed E-state index contributed by atoms with van der Waals surface area (Å²) < 4.78 is 11.1. The van der Waals surface area contributed by atoms with Crippen molar-refractivity contribution in [2.45, 2.75) is 45.7 Å². The number of aliphatic imine (C=N–C) groups is 1. The molecule has 2 heterocycles. The normalized spacial score (nSPS) is 22.2. The number of ether oxygens (including phenoxy) is 2. The van der Waals surface area contributed by atoms with E-state index in [4.69, 9.17) is 9.47 Å². The molecule has 2 atom stereocenters. The Kier molecular flexibility index (Phi) is 12.8. The molecule has 31 heavy (non-hydrogen) atoms. The number of likely N-dealkylation sites (tertiary alicyclic amines) is 1. The molecule has 2 N–H and O–H groups in total. The summed E-state index contributed by atoms with van der Waals surface area (Å²) in [6.07, 6.45) is 4.81. The van der Waals surface area contributed by atoms with Crippen LogP contribution in [0.4, 0.5) is 0 Å². The summed E-state index contributed by atoms with van der Waals surface area (Å²) in [7, 11) is 1.81. The Morgan fingerprint density at radius 2 is 2.00 bits per heavy atom. The molecule has 6 nitrogen and oxygen atoms in total. The number of rotatable bonds is 10. The monoisotopic (exact) mass is 544 g/mol. The molecule has 0 saturated carbocycles. The third-order valence-corrected chi connectivity index (χ3v) is 5.99. The molecule has 3 rings (SSSR count). The van der Waals surface area contributed by atoms with Gasteiger partial charge >= 0.3 is 0 Å². The number of piperidine rings is 1. The number of guanidine groups is 1. The summed E-state index contributed by atoms with van der Waals surface area (Å²) in [5, 5.41) is 6.76. The van der Waals surface area contributed by atoms with Crippen LogP contribution in [-0.4, -0.2) is 64.0 Å². The maximum absolute atomic E-state index is 5.75. The highest BCUT2D eigenvalue weighted by Gasteiger charge is 2.16. The molecule has 2 aliphatic heterocycles. The Bertz CT molecular complexity index is 635. The lowest BCUT2D eigenvalue weighted by molar-refractivity contribution is 0.0888. The van der Waals surface area contributed by atoms with Gasteiger partial charge in [0.2, 0.25) is 0 Å². The summed E-state index contributed by atoms with van der Waals surface area (Å²) in [5.41, 5.74) is 2.68. The van der Waals surface area contributed by atoms with Gasteiger partial charge in [-0.15, -0.1) is 24.0 Å².